The summed E-state index contributed by atoms with van der Waals surface area (Å²) in [4.78, 5) is 0. The fourth-order valence-corrected chi connectivity index (χ4v) is 6.94. The lowest BCUT2D eigenvalue weighted by molar-refractivity contribution is 0.632. The predicted molar refractivity (Wildman–Crippen MR) is 182 cm³/mol. The van der Waals surface area contributed by atoms with Gasteiger partial charge in [-0.05, 0) is 72.3 Å². The van der Waals surface area contributed by atoms with E-state index in [9.17, 15) is 0 Å². The summed E-state index contributed by atoms with van der Waals surface area (Å²) < 4.78 is 6.65. The minimum atomic E-state index is 0.898. The highest BCUT2D eigenvalue weighted by atomic mass is 16.3. The van der Waals surface area contributed by atoms with Crippen molar-refractivity contribution in [3.63, 3.8) is 0 Å². The largest absolute Gasteiger partial charge is 0.455 e. The van der Waals surface area contributed by atoms with Crippen LogP contribution in [0.5, 0.6) is 0 Å². The average Bonchev–Trinajstić information content (AvgIpc) is 3.47. The van der Waals surface area contributed by atoms with E-state index in [1.54, 1.807) is 0 Å². The Morgan fingerprint density at radius 1 is 0.349 bits per heavy atom. The highest BCUT2D eigenvalue weighted by Crippen LogP contribution is 2.49. The Labute approximate surface area is 249 Å². The molecule has 43 heavy (non-hydrogen) atoms. The maximum Gasteiger partial charge on any atom is 0.143 e. The monoisotopic (exact) mass is 546 g/mol. The topological polar surface area (TPSA) is 13.1 Å². The summed E-state index contributed by atoms with van der Waals surface area (Å²) in [6.45, 7) is 0. The van der Waals surface area contributed by atoms with Crippen LogP contribution in [0.1, 0.15) is 0 Å². The van der Waals surface area contributed by atoms with Crippen molar-refractivity contribution in [3.8, 4) is 44.7 Å². The molecule has 0 atom stereocenters. The van der Waals surface area contributed by atoms with Crippen LogP contribution in [-0.4, -0.2) is 0 Å². The second-order valence-corrected chi connectivity index (χ2v) is 11.2. The number of benzene rings is 8. The molecule has 1 nitrogen and oxygen atoms in total. The normalized spacial score (nSPS) is 11.7. The van der Waals surface area contributed by atoms with E-state index in [-0.39, 0.29) is 0 Å². The molecule has 0 fully saturated rings. The van der Waals surface area contributed by atoms with Gasteiger partial charge in [0.25, 0.3) is 0 Å². The molecular formula is C42H26O. The molecule has 0 aliphatic heterocycles. The molecule has 0 unspecified atom stereocenters. The number of fused-ring (bicyclic) bond motifs is 1. The van der Waals surface area contributed by atoms with Crippen LogP contribution in [0.3, 0.4) is 0 Å². The molecule has 0 radical (unpaired) electrons. The van der Waals surface area contributed by atoms with E-state index in [1.165, 1.54) is 60.1 Å². The van der Waals surface area contributed by atoms with Gasteiger partial charge in [0.05, 0.1) is 0 Å². The number of furan rings is 1. The number of para-hydroxylation sites is 1. The Morgan fingerprint density at radius 3 is 1.60 bits per heavy atom. The Bertz CT molecular complexity index is 2420. The molecule has 1 heterocycles. The fraction of sp³-hybridized carbons (Fsp3) is 0. The molecule has 1 heteroatoms. The molecule has 9 rings (SSSR count). The van der Waals surface area contributed by atoms with Crippen LogP contribution in [0, 0.1) is 0 Å². The van der Waals surface area contributed by atoms with Crippen molar-refractivity contribution in [2.45, 2.75) is 0 Å². The molecule has 0 saturated heterocycles. The summed E-state index contributed by atoms with van der Waals surface area (Å²) in [6, 6.07) is 56.6. The third-order valence-electron chi connectivity index (χ3n) is 8.85. The summed E-state index contributed by atoms with van der Waals surface area (Å²) in [6.07, 6.45) is 0. The molecule has 200 valence electrons. The smallest absolute Gasteiger partial charge is 0.143 e. The van der Waals surface area contributed by atoms with Crippen LogP contribution in [0.4, 0.5) is 0 Å². The summed E-state index contributed by atoms with van der Waals surface area (Å²) in [5.74, 6) is 0.904. The second kappa shape index (κ2) is 9.44. The molecule has 0 saturated carbocycles. The Morgan fingerprint density at radius 2 is 0.884 bits per heavy atom. The molecule has 0 amide bonds. The van der Waals surface area contributed by atoms with Crippen molar-refractivity contribution in [2.24, 2.45) is 0 Å². The molecule has 0 aliphatic carbocycles. The SMILES string of the molecule is c1ccc(-c2oc3ccccc3c2-c2cc(-c3ccccc3)c3ccc4ccc(-c5ccccc5)c5ccc2c3c45)cc1. The third kappa shape index (κ3) is 3.65. The van der Waals surface area contributed by atoms with Crippen LogP contribution in [0.2, 0.25) is 0 Å². The van der Waals surface area contributed by atoms with Crippen molar-refractivity contribution < 1.29 is 4.42 Å². The summed E-state index contributed by atoms with van der Waals surface area (Å²) in [5, 5.41) is 8.77. The van der Waals surface area contributed by atoms with E-state index in [2.05, 4.69) is 158 Å². The highest BCUT2D eigenvalue weighted by molar-refractivity contribution is 6.30. The van der Waals surface area contributed by atoms with Crippen molar-refractivity contribution >= 4 is 43.3 Å². The molecule has 0 bridgehead atoms. The van der Waals surface area contributed by atoms with Gasteiger partial charge in [-0.3, -0.25) is 0 Å². The van der Waals surface area contributed by atoms with Gasteiger partial charge in [-0.25, -0.2) is 0 Å². The Kier molecular flexibility index (Phi) is 5.27. The lowest BCUT2D eigenvalue weighted by atomic mass is 9.83. The van der Waals surface area contributed by atoms with Crippen molar-refractivity contribution in [3.05, 3.63) is 158 Å². The first-order valence-electron chi connectivity index (χ1n) is 14.8. The zero-order chi connectivity index (χ0) is 28.3. The highest BCUT2D eigenvalue weighted by Gasteiger charge is 2.23. The zero-order valence-corrected chi connectivity index (χ0v) is 23.4. The summed E-state index contributed by atoms with van der Waals surface area (Å²) >= 11 is 0. The first-order chi connectivity index (χ1) is 21.3. The Balaban J connectivity index is 1.47. The average molecular weight is 547 g/mol. The minimum Gasteiger partial charge on any atom is -0.455 e. The van der Waals surface area contributed by atoms with Gasteiger partial charge in [-0.15, -0.1) is 0 Å². The van der Waals surface area contributed by atoms with E-state index in [1.807, 2.05) is 0 Å². The van der Waals surface area contributed by atoms with Gasteiger partial charge in [0.2, 0.25) is 0 Å². The lowest BCUT2D eigenvalue weighted by Gasteiger charge is -2.19. The first-order valence-corrected chi connectivity index (χ1v) is 14.8. The van der Waals surface area contributed by atoms with Gasteiger partial charge in [0.15, 0.2) is 0 Å². The summed E-state index contributed by atoms with van der Waals surface area (Å²) in [5.41, 5.74) is 9.23. The second-order valence-electron chi connectivity index (χ2n) is 11.2. The van der Waals surface area contributed by atoms with Gasteiger partial charge in [-0.1, -0.05) is 146 Å². The van der Waals surface area contributed by atoms with E-state index in [4.69, 9.17) is 4.42 Å². The van der Waals surface area contributed by atoms with Crippen molar-refractivity contribution in [1.82, 2.24) is 0 Å². The van der Waals surface area contributed by atoms with Gasteiger partial charge in [-0.2, -0.15) is 0 Å². The van der Waals surface area contributed by atoms with Crippen molar-refractivity contribution in [2.75, 3.05) is 0 Å². The minimum absolute atomic E-state index is 0.898. The number of hydrogen-bond donors (Lipinski definition) is 0. The number of rotatable bonds is 4. The van der Waals surface area contributed by atoms with Crippen LogP contribution < -0.4 is 0 Å². The molecular weight excluding hydrogens is 520 g/mol. The first kappa shape index (κ1) is 24.0. The summed E-state index contributed by atoms with van der Waals surface area (Å²) in [7, 11) is 0. The molecule has 9 aromatic rings. The molecule has 0 spiro atoms. The van der Waals surface area contributed by atoms with Crippen LogP contribution in [0.15, 0.2) is 162 Å². The predicted octanol–water partition coefficient (Wildman–Crippen LogP) is 12.0. The number of hydrogen-bond acceptors (Lipinski definition) is 1. The van der Waals surface area contributed by atoms with Gasteiger partial charge < -0.3 is 4.42 Å². The van der Waals surface area contributed by atoms with Crippen molar-refractivity contribution in [1.29, 1.82) is 0 Å². The van der Waals surface area contributed by atoms with Gasteiger partial charge in [0.1, 0.15) is 11.3 Å². The van der Waals surface area contributed by atoms with Crippen LogP contribution in [-0.2, 0) is 0 Å². The molecule has 0 N–H and O–H groups in total. The maximum atomic E-state index is 6.65. The van der Waals surface area contributed by atoms with Gasteiger partial charge >= 0.3 is 0 Å². The molecule has 1 aromatic heterocycles. The maximum absolute atomic E-state index is 6.65. The fourth-order valence-electron chi connectivity index (χ4n) is 6.94. The van der Waals surface area contributed by atoms with Gasteiger partial charge in [0, 0.05) is 16.5 Å². The third-order valence-corrected chi connectivity index (χ3v) is 8.85. The van der Waals surface area contributed by atoms with E-state index in [0.29, 0.717) is 0 Å². The molecule has 8 aromatic carbocycles. The van der Waals surface area contributed by atoms with E-state index >= 15 is 0 Å². The zero-order valence-electron chi connectivity index (χ0n) is 23.4. The van der Waals surface area contributed by atoms with E-state index in [0.717, 1.165) is 27.9 Å². The van der Waals surface area contributed by atoms with E-state index < -0.39 is 0 Å². The quantitative estimate of drug-likeness (QED) is 0.200. The Hall–Kier alpha value is -5.66. The van der Waals surface area contributed by atoms with Crippen LogP contribution in [0.25, 0.3) is 88.0 Å². The lowest BCUT2D eigenvalue weighted by Crippen LogP contribution is -1.93. The molecule has 0 aliphatic rings. The van der Waals surface area contributed by atoms with Crippen LogP contribution >= 0.6 is 0 Å². The standard InChI is InChI=1S/C42H26O/c1-4-12-27(13-5-1)31-22-20-29-21-23-33-36(28-14-6-2-7-15-28)26-37(34-25-24-32(31)39(29)40(33)34)41-35-18-10-11-19-38(35)43-42(41)30-16-8-3-9-17-30/h1-26H.